The summed E-state index contributed by atoms with van der Waals surface area (Å²) in [7, 11) is 6.00. The van der Waals surface area contributed by atoms with E-state index in [0.29, 0.717) is 5.56 Å². The highest BCUT2D eigenvalue weighted by molar-refractivity contribution is 5.82. The molecule has 200 valence electrons. The Morgan fingerprint density at radius 3 is 2.03 bits per heavy atom. The van der Waals surface area contributed by atoms with Gasteiger partial charge in [-0.2, -0.15) is 0 Å². The second kappa shape index (κ2) is 13.6. The number of hydrogen-bond acceptors (Lipinski definition) is 5. The standard InChI is InChI=1S/C28H38O4.C3H9N/c1-8-28(9-2,22-10-12-24(30)23(17-22)19(3)14-15-29)21-11-13-25(20(4)16-21)32-18-26(31)27(5,6)7;1-4(2)3/h10-17,26,30-31H,8-9,18H2,1-7H3;1-3H3/b19-14+;. The zero-order valence-electron chi connectivity index (χ0n) is 24.0. The van der Waals surface area contributed by atoms with Gasteiger partial charge in [0.15, 0.2) is 0 Å². The largest absolute Gasteiger partial charge is 0.507 e. The maximum absolute atomic E-state index is 10.9. The minimum atomic E-state index is -0.551. The van der Waals surface area contributed by atoms with Crippen molar-refractivity contribution in [3.05, 3.63) is 64.7 Å². The van der Waals surface area contributed by atoms with Crippen molar-refractivity contribution in [2.45, 2.75) is 72.8 Å². The maximum atomic E-state index is 10.9. The second-order valence-electron chi connectivity index (χ2n) is 11.0. The van der Waals surface area contributed by atoms with Crippen molar-refractivity contribution in [2.24, 2.45) is 5.41 Å². The Labute approximate surface area is 218 Å². The van der Waals surface area contributed by atoms with Crippen LogP contribution in [-0.4, -0.2) is 55.3 Å². The third-order valence-corrected chi connectivity index (χ3v) is 6.62. The van der Waals surface area contributed by atoms with E-state index in [-0.39, 0.29) is 23.2 Å². The summed E-state index contributed by atoms with van der Waals surface area (Å²) in [6, 6.07) is 11.9. The third-order valence-electron chi connectivity index (χ3n) is 6.62. The van der Waals surface area contributed by atoms with Crippen LogP contribution in [-0.2, 0) is 10.2 Å². The van der Waals surface area contributed by atoms with E-state index in [1.54, 1.807) is 6.07 Å². The fourth-order valence-corrected chi connectivity index (χ4v) is 4.10. The number of aliphatic hydroxyl groups excluding tert-OH is 1. The van der Waals surface area contributed by atoms with Crippen molar-refractivity contribution in [1.29, 1.82) is 0 Å². The summed E-state index contributed by atoms with van der Waals surface area (Å²) in [5.41, 5.74) is 4.23. The first-order valence-electron chi connectivity index (χ1n) is 12.7. The van der Waals surface area contributed by atoms with E-state index in [1.165, 1.54) is 11.6 Å². The van der Waals surface area contributed by atoms with Gasteiger partial charge in [-0.25, -0.2) is 0 Å². The molecule has 2 aromatic rings. The van der Waals surface area contributed by atoms with Gasteiger partial charge in [0.25, 0.3) is 0 Å². The van der Waals surface area contributed by atoms with E-state index in [9.17, 15) is 15.0 Å². The van der Waals surface area contributed by atoms with Crippen LogP contribution in [0.25, 0.3) is 5.57 Å². The molecule has 0 bridgehead atoms. The molecule has 0 radical (unpaired) electrons. The van der Waals surface area contributed by atoms with Crippen LogP contribution in [0.15, 0.2) is 42.5 Å². The number of aliphatic hydroxyl groups is 1. The number of phenolic OH excluding ortho intramolecular Hbond substituents is 1. The first kappa shape index (κ1) is 31.4. The topological polar surface area (TPSA) is 70.0 Å². The number of hydrogen-bond donors (Lipinski definition) is 2. The number of aryl methyl sites for hydroxylation is 1. The molecule has 0 aromatic heterocycles. The minimum Gasteiger partial charge on any atom is -0.507 e. The Balaban J connectivity index is 0.00000150. The SMILES string of the molecule is CCC(CC)(c1ccc(OCC(O)C(C)(C)C)c(C)c1)c1ccc(O)c(/C(C)=C/C=O)c1.CN(C)C. The van der Waals surface area contributed by atoms with Crippen LogP contribution >= 0.6 is 0 Å². The highest BCUT2D eigenvalue weighted by Gasteiger charge is 2.32. The quantitative estimate of drug-likeness (QED) is 0.311. The van der Waals surface area contributed by atoms with Gasteiger partial charge in [-0.15, -0.1) is 0 Å². The van der Waals surface area contributed by atoms with E-state index in [1.807, 2.05) is 78.9 Å². The third kappa shape index (κ3) is 8.21. The fourth-order valence-electron chi connectivity index (χ4n) is 4.10. The highest BCUT2D eigenvalue weighted by Crippen LogP contribution is 2.42. The van der Waals surface area contributed by atoms with Gasteiger partial charge >= 0.3 is 0 Å². The Bertz CT molecular complexity index is 1010. The molecule has 36 heavy (non-hydrogen) atoms. The van der Waals surface area contributed by atoms with Gasteiger partial charge in [-0.1, -0.05) is 52.8 Å². The lowest BCUT2D eigenvalue weighted by atomic mass is 9.70. The molecule has 0 saturated carbocycles. The minimum absolute atomic E-state index is 0.169. The van der Waals surface area contributed by atoms with Crippen LogP contribution in [0.1, 0.15) is 76.6 Å². The van der Waals surface area contributed by atoms with Crippen molar-refractivity contribution in [1.82, 2.24) is 4.90 Å². The number of carbonyl (C=O) groups is 1. The molecule has 1 unspecified atom stereocenters. The number of nitrogens with zero attached hydrogens (tertiary/aromatic N) is 1. The van der Waals surface area contributed by atoms with Gasteiger partial charge in [0.1, 0.15) is 24.4 Å². The summed E-state index contributed by atoms with van der Waals surface area (Å²) < 4.78 is 5.94. The molecule has 0 fully saturated rings. The lowest BCUT2D eigenvalue weighted by molar-refractivity contribution is -0.104. The van der Waals surface area contributed by atoms with Crippen LogP contribution in [0.2, 0.25) is 0 Å². The summed E-state index contributed by atoms with van der Waals surface area (Å²) in [6.45, 7) is 14.4. The van der Waals surface area contributed by atoms with E-state index in [4.69, 9.17) is 4.74 Å². The fraction of sp³-hybridized carbons (Fsp3) is 0.516. The van der Waals surface area contributed by atoms with Gasteiger partial charge in [-0.05, 0) is 99.8 Å². The first-order valence-corrected chi connectivity index (χ1v) is 12.7. The zero-order chi connectivity index (χ0) is 27.7. The van der Waals surface area contributed by atoms with Gasteiger partial charge in [0.2, 0.25) is 0 Å². The van der Waals surface area contributed by atoms with Crippen LogP contribution in [0, 0.1) is 12.3 Å². The number of benzene rings is 2. The Kier molecular flexibility index (Phi) is 11.9. The number of phenols is 1. The zero-order valence-corrected chi connectivity index (χ0v) is 24.0. The molecule has 2 rings (SSSR count). The van der Waals surface area contributed by atoms with Crippen LogP contribution in [0.4, 0.5) is 0 Å². The van der Waals surface area contributed by atoms with Crippen molar-refractivity contribution >= 4 is 11.9 Å². The van der Waals surface area contributed by atoms with Crippen LogP contribution < -0.4 is 4.74 Å². The maximum Gasteiger partial charge on any atom is 0.143 e. The molecule has 0 aliphatic heterocycles. The summed E-state index contributed by atoms with van der Waals surface area (Å²) in [5.74, 6) is 0.942. The summed E-state index contributed by atoms with van der Waals surface area (Å²) >= 11 is 0. The predicted molar refractivity (Wildman–Crippen MR) is 151 cm³/mol. The normalized spacial score (nSPS) is 13.2. The van der Waals surface area contributed by atoms with Crippen LogP contribution in [0.3, 0.4) is 0 Å². The van der Waals surface area contributed by atoms with E-state index < -0.39 is 6.10 Å². The molecule has 2 N–H and O–H groups in total. The van der Waals surface area contributed by atoms with Gasteiger partial charge < -0.3 is 19.8 Å². The number of aldehydes is 1. The van der Waals surface area contributed by atoms with Crippen molar-refractivity contribution in [3.8, 4) is 11.5 Å². The summed E-state index contributed by atoms with van der Waals surface area (Å²) in [6.07, 6.45) is 3.43. The van der Waals surface area contributed by atoms with Crippen molar-refractivity contribution in [2.75, 3.05) is 27.7 Å². The van der Waals surface area contributed by atoms with Gasteiger partial charge in [0.05, 0.1) is 6.10 Å². The van der Waals surface area contributed by atoms with Gasteiger partial charge in [-0.3, -0.25) is 4.79 Å². The summed E-state index contributed by atoms with van der Waals surface area (Å²) in [5, 5.41) is 20.7. The molecule has 0 saturated heterocycles. The number of carbonyl (C=O) groups excluding carboxylic acids is 1. The molecule has 5 heteroatoms. The lowest BCUT2D eigenvalue weighted by Gasteiger charge is -2.34. The molecular weight excluding hydrogens is 450 g/mol. The molecule has 1 atom stereocenters. The Morgan fingerprint density at radius 1 is 1.03 bits per heavy atom. The molecule has 2 aromatic carbocycles. The van der Waals surface area contributed by atoms with E-state index in [0.717, 1.165) is 41.6 Å². The second-order valence-corrected chi connectivity index (χ2v) is 11.0. The lowest BCUT2D eigenvalue weighted by Crippen LogP contribution is -2.32. The van der Waals surface area contributed by atoms with E-state index in [2.05, 4.69) is 26.0 Å². The number of allylic oxidation sites excluding steroid dienone is 2. The molecule has 0 aliphatic rings. The van der Waals surface area contributed by atoms with Crippen molar-refractivity contribution in [3.63, 3.8) is 0 Å². The first-order chi connectivity index (χ1) is 16.7. The van der Waals surface area contributed by atoms with E-state index >= 15 is 0 Å². The highest BCUT2D eigenvalue weighted by atomic mass is 16.5. The number of aromatic hydroxyl groups is 1. The number of ether oxygens (including phenoxy) is 1. The number of rotatable bonds is 9. The van der Waals surface area contributed by atoms with Crippen molar-refractivity contribution < 1.29 is 19.7 Å². The molecule has 0 spiro atoms. The summed E-state index contributed by atoms with van der Waals surface area (Å²) in [4.78, 5) is 12.9. The molecule has 0 aliphatic carbocycles. The predicted octanol–water partition coefficient (Wildman–Crippen LogP) is 6.37. The van der Waals surface area contributed by atoms with Gasteiger partial charge in [0, 0.05) is 11.0 Å². The molecule has 0 amide bonds. The molecular formula is C31H47NO4. The molecule has 5 nitrogen and oxygen atoms in total. The monoisotopic (exact) mass is 497 g/mol. The smallest absolute Gasteiger partial charge is 0.143 e. The molecule has 0 heterocycles. The van der Waals surface area contributed by atoms with Crippen LogP contribution in [0.5, 0.6) is 11.5 Å². The Hall–Kier alpha value is -2.63. The average molecular weight is 498 g/mol. The average Bonchev–Trinajstić information content (AvgIpc) is 2.79. The Morgan fingerprint density at radius 2 is 1.56 bits per heavy atom.